The molecule has 3 aliphatic rings. The fourth-order valence-corrected chi connectivity index (χ4v) is 11.5. The summed E-state index contributed by atoms with van der Waals surface area (Å²) in [6.07, 6.45) is 5.87. The Hall–Kier alpha value is -8.78. The second kappa shape index (κ2) is 26.6. The first-order valence-corrected chi connectivity index (χ1v) is 28.4. The van der Waals surface area contributed by atoms with Gasteiger partial charge in [0.15, 0.2) is 0 Å². The Morgan fingerprint density at radius 2 is 0.953 bits per heavy atom. The molecule has 11 heteroatoms. The first kappa shape index (κ1) is 59.0. The molecule has 0 amide bonds. The number of rotatable bonds is 14. The number of nitrogens with zero attached hydrogens (tertiary/aromatic N) is 8. The molecule has 0 unspecified atom stereocenters. The molecule has 9 aromatic carbocycles. The first-order valence-electron chi connectivity index (χ1n) is 28.4. The van der Waals surface area contributed by atoms with E-state index in [2.05, 4.69) is 241 Å². The van der Waals surface area contributed by atoms with E-state index in [4.69, 9.17) is 14.7 Å². The topological polar surface area (TPSA) is 54.5 Å². The van der Waals surface area contributed by atoms with Crippen LogP contribution in [0.4, 0.5) is 51.2 Å². The summed E-state index contributed by atoms with van der Waals surface area (Å²) in [6.45, 7) is 14.9. The van der Waals surface area contributed by atoms with Crippen LogP contribution in [0.3, 0.4) is 0 Å². The minimum atomic E-state index is 0. The monoisotopic (exact) mass is 1480 g/mol. The van der Waals surface area contributed by atoms with Crippen LogP contribution in [0.1, 0.15) is 29.5 Å². The Morgan fingerprint density at radius 1 is 0.453 bits per heavy atom. The van der Waals surface area contributed by atoms with Gasteiger partial charge < -0.3 is 44.1 Å². The molecule has 0 N–H and O–H groups in total. The summed E-state index contributed by atoms with van der Waals surface area (Å²) in [6, 6.07) is 89.9. The van der Waals surface area contributed by atoms with E-state index in [1.807, 2.05) is 91.3 Å². The predicted molar refractivity (Wildman–Crippen MR) is 343 cm³/mol. The number of hydrogen-bond acceptors (Lipinski definition) is 9. The van der Waals surface area contributed by atoms with Gasteiger partial charge in [0.25, 0.3) is 0 Å². The zero-order chi connectivity index (χ0) is 56.9. The van der Waals surface area contributed by atoms with Crippen molar-refractivity contribution in [1.29, 1.82) is 0 Å². The van der Waals surface area contributed by atoms with Gasteiger partial charge in [-0.1, -0.05) is 137 Å². The molecule has 0 atom stereocenters. The third-order valence-electron chi connectivity index (χ3n) is 15.4. The molecule has 1 radical (unpaired) electrons. The van der Waals surface area contributed by atoms with Crippen LogP contribution < -0.4 is 34.1 Å². The number of fused-ring (bicyclic) bond motifs is 3. The van der Waals surface area contributed by atoms with Gasteiger partial charge in [-0.2, -0.15) is 92.8 Å². The summed E-state index contributed by atoms with van der Waals surface area (Å²) in [7, 11) is 2.06. The van der Waals surface area contributed by atoms with Gasteiger partial charge in [-0.05, 0) is 119 Å². The fourth-order valence-electron chi connectivity index (χ4n) is 11.5. The Bertz CT molecular complexity index is 3960. The fraction of sp³-hybridized carbons (Fsp3) is 0.107. The Kier molecular flexibility index (Phi) is 18.3. The van der Waals surface area contributed by atoms with Gasteiger partial charge in [0.1, 0.15) is 0 Å². The van der Waals surface area contributed by atoms with Crippen LogP contribution in [0.25, 0.3) is 44.8 Å². The number of aromatic nitrogens is 2. The smallest absolute Gasteiger partial charge is 0.0326 e. The minimum Gasteiger partial charge on any atom is -0.509 e. The number of aryl methyl sites for hydroxylation is 3. The Morgan fingerprint density at radius 3 is 1.50 bits per heavy atom. The summed E-state index contributed by atoms with van der Waals surface area (Å²) < 4.78 is 6.85. The molecule has 14 rings (SSSR count). The van der Waals surface area contributed by atoms with Crippen molar-refractivity contribution < 1.29 is 45.9 Å². The van der Waals surface area contributed by atoms with E-state index < -0.39 is 0 Å². The SMILES string of the molecule is Cc1cc(C)c(-c2cc(Oc3[c-]c(-c4[c-]cc(-c5ccccc5)cn4)ncc3-c3ccccc3)[c-]c(N3[CH-]N(C)c4ccccc43)c2)c(C)c1.[Ir].[Pt].[c-]1ccccc1N1[CH-]N(CCCCN2[CH-]N(c3[c-]cccc3)c3ccccc32)c2ccccc21. The third kappa shape index (κ3) is 12.5. The van der Waals surface area contributed by atoms with Crippen LogP contribution in [-0.2, 0) is 41.2 Å². The van der Waals surface area contributed by atoms with Crippen molar-refractivity contribution >= 4 is 51.2 Å². The second-order valence-corrected chi connectivity index (χ2v) is 21.2. The average molecular weight is 1480 g/mol. The predicted octanol–water partition coefficient (Wildman–Crippen LogP) is 17.9. The van der Waals surface area contributed by atoms with E-state index in [-0.39, 0.29) is 41.2 Å². The number of anilines is 9. The molecule has 0 fully saturated rings. The van der Waals surface area contributed by atoms with Gasteiger partial charge in [-0.25, -0.2) is 6.07 Å². The average Bonchev–Trinajstić information content (AvgIpc) is 4.42. The van der Waals surface area contributed by atoms with E-state index in [1.165, 1.54) is 45.0 Å². The number of pyridine rings is 2. The number of hydrogen-bond donors (Lipinski definition) is 0. The first-order chi connectivity index (χ1) is 41.3. The summed E-state index contributed by atoms with van der Waals surface area (Å²) in [5.41, 5.74) is 21.0. The van der Waals surface area contributed by atoms with Crippen LogP contribution in [-0.4, -0.2) is 30.1 Å². The zero-order valence-electron chi connectivity index (χ0n) is 48.1. The molecule has 433 valence electrons. The number of ether oxygens (including phenoxy) is 1. The quantitative estimate of drug-likeness (QED) is 0.0783. The van der Waals surface area contributed by atoms with Gasteiger partial charge in [0.2, 0.25) is 0 Å². The maximum atomic E-state index is 6.85. The van der Waals surface area contributed by atoms with Gasteiger partial charge in [0, 0.05) is 86.8 Å². The molecule has 0 bridgehead atoms. The van der Waals surface area contributed by atoms with Crippen molar-refractivity contribution in [3.8, 4) is 56.3 Å². The molecule has 3 aliphatic heterocycles. The molecule has 9 nitrogen and oxygen atoms in total. The molecule has 86 heavy (non-hydrogen) atoms. The van der Waals surface area contributed by atoms with Crippen LogP contribution in [0.15, 0.2) is 225 Å². The Balaban J connectivity index is 0.000000187. The molecule has 11 aromatic rings. The van der Waals surface area contributed by atoms with E-state index in [9.17, 15) is 0 Å². The largest absolute Gasteiger partial charge is 0.509 e. The molecule has 5 heterocycles. The summed E-state index contributed by atoms with van der Waals surface area (Å²) in [5, 5.41) is 0. The van der Waals surface area contributed by atoms with E-state index in [0.717, 1.165) is 82.2 Å². The van der Waals surface area contributed by atoms with Gasteiger partial charge in [0.05, 0.1) is 0 Å². The molecule has 2 aromatic heterocycles. The summed E-state index contributed by atoms with van der Waals surface area (Å²) in [5.74, 6) is 1.10. The molecular formula is C75H60IrN8OPt-8. The number of benzene rings is 9. The number of para-hydroxylation sites is 8. The van der Waals surface area contributed by atoms with Crippen molar-refractivity contribution in [2.75, 3.05) is 49.5 Å². The minimum absolute atomic E-state index is 0. The van der Waals surface area contributed by atoms with Crippen LogP contribution in [0.5, 0.6) is 11.5 Å². The van der Waals surface area contributed by atoms with Crippen molar-refractivity contribution in [2.45, 2.75) is 33.6 Å². The second-order valence-electron chi connectivity index (χ2n) is 21.2. The molecule has 0 spiro atoms. The van der Waals surface area contributed by atoms with E-state index in [1.54, 1.807) is 0 Å². The van der Waals surface area contributed by atoms with Crippen molar-refractivity contribution in [2.24, 2.45) is 0 Å². The molecule has 0 aliphatic carbocycles. The van der Waals surface area contributed by atoms with E-state index >= 15 is 0 Å². The maximum Gasteiger partial charge on any atom is 0.0326 e. The van der Waals surface area contributed by atoms with Crippen molar-refractivity contribution in [1.82, 2.24) is 9.97 Å². The number of unbranched alkanes of at least 4 members (excludes halogenated alkanes) is 1. The standard InChI is InChI=1S/C45H34N4O.C30H26N4.Ir.Pt/c1-30-21-31(2)45(32(3)22-30)36-23-37(49-29-48(4)42-17-11-12-18-43(42)49)25-38(24-36)50-44-26-41(47-28-39(44)34-15-9-6-10-16-34)40-20-19-35(27-46-40)33-13-7-5-8-14-33;1-3-13-25(14-4-1)33-23-31(27-17-7-9-19-29(27)33)21-11-12-22-32-24-34(26-15-5-2-6-16-26)30-20-10-8-18-28(30)32;;/h5-19,21-24,27-29H,1-4H3;1-10,13,15,17-20,23-24H,11-12,21-22H2;;/q2*-4;;. The third-order valence-corrected chi connectivity index (χ3v) is 15.4. The van der Waals surface area contributed by atoms with Crippen LogP contribution in [0.2, 0.25) is 0 Å². The normalized spacial score (nSPS) is 12.8. The Labute approximate surface area is 534 Å². The van der Waals surface area contributed by atoms with Gasteiger partial charge in [-0.3, -0.25) is 0 Å². The van der Waals surface area contributed by atoms with Crippen molar-refractivity contribution in [3.63, 3.8) is 0 Å². The van der Waals surface area contributed by atoms with Gasteiger partial charge in [-0.15, -0.1) is 52.2 Å². The van der Waals surface area contributed by atoms with Crippen molar-refractivity contribution in [3.05, 3.63) is 292 Å². The maximum absolute atomic E-state index is 6.85. The van der Waals surface area contributed by atoms with E-state index in [0.29, 0.717) is 22.9 Å². The van der Waals surface area contributed by atoms with Crippen LogP contribution >= 0.6 is 0 Å². The molecule has 0 saturated carbocycles. The molecular weight excluding hydrogens is 1420 g/mol. The summed E-state index contributed by atoms with van der Waals surface area (Å²) >= 11 is 0. The van der Waals surface area contributed by atoms with Crippen LogP contribution in [0, 0.1) is 71.1 Å². The summed E-state index contributed by atoms with van der Waals surface area (Å²) in [4.78, 5) is 23.0. The van der Waals surface area contributed by atoms with Gasteiger partial charge >= 0.3 is 0 Å². The zero-order valence-corrected chi connectivity index (χ0v) is 52.7. The molecule has 0 saturated heterocycles.